The summed E-state index contributed by atoms with van der Waals surface area (Å²) in [5.74, 6) is -0.143. The highest BCUT2D eigenvalue weighted by molar-refractivity contribution is 7.10. The van der Waals surface area contributed by atoms with Crippen molar-refractivity contribution in [3.63, 3.8) is 0 Å². The average Bonchev–Trinajstić information content (AvgIpc) is 2.91. The summed E-state index contributed by atoms with van der Waals surface area (Å²) in [6.07, 6.45) is 0. The Balaban J connectivity index is 2.24. The van der Waals surface area contributed by atoms with Gasteiger partial charge in [-0.2, -0.15) is 0 Å². The second kappa shape index (κ2) is 6.70. The van der Waals surface area contributed by atoms with Crippen LogP contribution < -0.4 is 5.32 Å². The van der Waals surface area contributed by atoms with Gasteiger partial charge in [0.05, 0.1) is 6.04 Å². The molecule has 0 aliphatic heterocycles. The van der Waals surface area contributed by atoms with Crippen molar-refractivity contribution >= 4 is 28.8 Å². The molecule has 0 spiro atoms. The molecule has 1 aromatic carbocycles. The summed E-state index contributed by atoms with van der Waals surface area (Å²) in [5.41, 5.74) is 0.997. The van der Waals surface area contributed by atoms with Gasteiger partial charge in [0.1, 0.15) is 6.61 Å². The first kappa shape index (κ1) is 14.1. The molecule has 0 bridgehead atoms. The maximum Gasteiger partial charge on any atom is 0.246 e. The van der Waals surface area contributed by atoms with Gasteiger partial charge in [0.15, 0.2) is 0 Å². The number of rotatable bonds is 5. The molecule has 0 aliphatic rings. The first-order chi connectivity index (χ1) is 9.20. The molecule has 0 fully saturated rings. The number of thiophene rings is 1. The lowest BCUT2D eigenvalue weighted by Gasteiger charge is -2.18. The second-order valence-corrected chi connectivity index (χ2v) is 5.42. The molecule has 3 nitrogen and oxygen atoms in total. The normalized spacial score (nSPS) is 12.1. The van der Waals surface area contributed by atoms with E-state index in [0.717, 1.165) is 10.4 Å². The monoisotopic (exact) mass is 295 g/mol. The van der Waals surface area contributed by atoms with Gasteiger partial charge in [0, 0.05) is 17.0 Å². The molecule has 1 atom stereocenters. The fourth-order valence-corrected chi connectivity index (χ4v) is 2.69. The van der Waals surface area contributed by atoms with Crippen LogP contribution in [0.1, 0.15) is 16.5 Å². The summed E-state index contributed by atoms with van der Waals surface area (Å²) in [4.78, 5) is 12.8. The number of amides is 1. The number of halogens is 1. The molecular formula is C14H14ClNO2S. The highest BCUT2D eigenvalue weighted by Gasteiger charge is 2.17. The number of ether oxygens (including phenoxy) is 1. The Kier molecular flexibility index (Phi) is 4.96. The molecule has 0 saturated carbocycles. The van der Waals surface area contributed by atoms with Crippen molar-refractivity contribution in [2.45, 2.75) is 6.04 Å². The van der Waals surface area contributed by atoms with Crippen LogP contribution in [0, 0.1) is 0 Å². The van der Waals surface area contributed by atoms with Gasteiger partial charge in [-0.05, 0) is 29.1 Å². The van der Waals surface area contributed by atoms with Crippen molar-refractivity contribution in [1.82, 2.24) is 5.32 Å². The fourth-order valence-electron chi connectivity index (χ4n) is 1.76. The minimum absolute atomic E-state index is 0.0511. The van der Waals surface area contributed by atoms with Gasteiger partial charge in [0.25, 0.3) is 0 Å². The van der Waals surface area contributed by atoms with Gasteiger partial charge < -0.3 is 10.1 Å². The van der Waals surface area contributed by atoms with Gasteiger partial charge in [0.2, 0.25) is 5.91 Å². The molecule has 100 valence electrons. The topological polar surface area (TPSA) is 38.3 Å². The number of hydrogen-bond donors (Lipinski definition) is 1. The number of carbonyl (C=O) groups excluding carboxylic acids is 1. The largest absolute Gasteiger partial charge is 0.375 e. The summed E-state index contributed by atoms with van der Waals surface area (Å²) >= 11 is 7.49. The predicted molar refractivity (Wildman–Crippen MR) is 77.6 cm³/mol. The van der Waals surface area contributed by atoms with E-state index in [2.05, 4.69) is 5.32 Å². The Morgan fingerprint density at radius 3 is 2.68 bits per heavy atom. The van der Waals surface area contributed by atoms with E-state index in [0.29, 0.717) is 5.02 Å². The minimum Gasteiger partial charge on any atom is -0.375 e. The summed E-state index contributed by atoms with van der Waals surface area (Å²) in [6, 6.07) is 11.3. The van der Waals surface area contributed by atoms with Crippen molar-refractivity contribution in [1.29, 1.82) is 0 Å². The Labute approximate surface area is 121 Å². The lowest BCUT2D eigenvalue weighted by atomic mass is 10.1. The van der Waals surface area contributed by atoms with Crippen molar-refractivity contribution in [3.8, 4) is 0 Å². The maximum absolute atomic E-state index is 11.7. The molecule has 2 rings (SSSR count). The van der Waals surface area contributed by atoms with Crippen LogP contribution in [0.15, 0.2) is 41.8 Å². The van der Waals surface area contributed by atoms with Crippen LogP contribution in [-0.4, -0.2) is 19.6 Å². The van der Waals surface area contributed by atoms with Crippen LogP contribution in [0.3, 0.4) is 0 Å². The lowest BCUT2D eigenvalue weighted by Crippen LogP contribution is -2.31. The first-order valence-electron chi connectivity index (χ1n) is 5.78. The molecular weight excluding hydrogens is 282 g/mol. The maximum atomic E-state index is 11.7. The Hall–Kier alpha value is -1.36. The van der Waals surface area contributed by atoms with Crippen LogP contribution in [0.25, 0.3) is 0 Å². The van der Waals surface area contributed by atoms with E-state index >= 15 is 0 Å². The van der Waals surface area contributed by atoms with Crippen molar-refractivity contribution in [2.24, 2.45) is 0 Å². The van der Waals surface area contributed by atoms with E-state index in [4.69, 9.17) is 16.3 Å². The van der Waals surface area contributed by atoms with Crippen LogP contribution in [0.2, 0.25) is 5.02 Å². The minimum atomic E-state index is -0.167. The van der Waals surface area contributed by atoms with E-state index < -0.39 is 0 Å². The van der Waals surface area contributed by atoms with Crippen molar-refractivity contribution in [2.75, 3.05) is 13.7 Å². The van der Waals surface area contributed by atoms with E-state index in [9.17, 15) is 4.79 Å². The lowest BCUT2D eigenvalue weighted by molar-refractivity contribution is -0.125. The van der Waals surface area contributed by atoms with Gasteiger partial charge in [-0.15, -0.1) is 11.3 Å². The third-order valence-corrected chi connectivity index (χ3v) is 3.80. The molecule has 19 heavy (non-hydrogen) atoms. The smallest absolute Gasteiger partial charge is 0.246 e. The molecule has 2 aromatic rings. The SMILES string of the molecule is COCC(=O)N[C@@H](c1ccc(Cl)cc1)c1cccs1. The van der Waals surface area contributed by atoms with E-state index in [1.54, 1.807) is 11.3 Å². The summed E-state index contributed by atoms with van der Waals surface area (Å²) < 4.78 is 4.85. The fraction of sp³-hybridized carbons (Fsp3) is 0.214. The molecule has 0 unspecified atom stereocenters. The average molecular weight is 296 g/mol. The molecule has 1 amide bonds. The summed E-state index contributed by atoms with van der Waals surface area (Å²) in [5, 5.41) is 5.62. The Bertz CT molecular complexity index is 525. The van der Waals surface area contributed by atoms with E-state index in [1.807, 2.05) is 41.8 Å². The predicted octanol–water partition coefficient (Wildman–Crippen LogP) is 3.25. The molecule has 0 aliphatic carbocycles. The van der Waals surface area contributed by atoms with E-state index in [1.165, 1.54) is 7.11 Å². The van der Waals surface area contributed by atoms with Gasteiger partial charge >= 0.3 is 0 Å². The summed E-state index contributed by atoms with van der Waals surface area (Å²) in [6.45, 7) is 0.0511. The zero-order valence-corrected chi connectivity index (χ0v) is 12.0. The number of benzene rings is 1. The van der Waals surface area contributed by atoms with E-state index in [-0.39, 0.29) is 18.6 Å². The molecule has 0 radical (unpaired) electrons. The number of methoxy groups -OCH3 is 1. The van der Waals surface area contributed by atoms with Crippen LogP contribution in [0.4, 0.5) is 0 Å². The third kappa shape index (κ3) is 3.80. The number of nitrogens with one attached hydrogen (secondary N) is 1. The zero-order valence-electron chi connectivity index (χ0n) is 10.4. The molecule has 0 saturated heterocycles. The summed E-state index contributed by atoms with van der Waals surface area (Å²) in [7, 11) is 1.50. The third-order valence-electron chi connectivity index (χ3n) is 2.61. The number of hydrogen-bond acceptors (Lipinski definition) is 3. The van der Waals surface area contributed by atoms with Gasteiger partial charge in [-0.25, -0.2) is 0 Å². The standard InChI is InChI=1S/C14H14ClNO2S/c1-18-9-13(17)16-14(12-3-2-8-19-12)10-4-6-11(15)7-5-10/h2-8,14H,9H2,1H3,(H,16,17)/t14-/m0/s1. The molecule has 1 N–H and O–H groups in total. The molecule has 1 aromatic heterocycles. The van der Waals surface area contributed by atoms with Crippen LogP contribution in [-0.2, 0) is 9.53 Å². The van der Waals surface area contributed by atoms with Crippen molar-refractivity contribution < 1.29 is 9.53 Å². The van der Waals surface area contributed by atoms with Crippen LogP contribution in [0.5, 0.6) is 0 Å². The Morgan fingerprint density at radius 1 is 1.37 bits per heavy atom. The zero-order chi connectivity index (χ0) is 13.7. The second-order valence-electron chi connectivity index (χ2n) is 4.00. The van der Waals surface area contributed by atoms with Crippen molar-refractivity contribution in [3.05, 3.63) is 57.2 Å². The highest BCUT2D eigenvalue weighted by atomic mass is 35.5. The molecule has 5 heteroatoms. The first-order valence-corrected chi connectivity index (χ1v) is 7.03. The quantitative estimate of drug-likeness (QED) is 0.919. The Morgan fingerprint density at radius 2 is 2.11 bits per heavy atom. The molecule has 1 heterocycles. The van der Waals surface area contributed by atoms with Gasteiger partial charge in [-0.3, -0.25) is 4.79 Å². The van der Waals surface area contributed by atoms with Gasteiger partial charge in [-0.1, -0.05) is 29.8 Å². The number of carbonyl (C=O) groups is 1. The highest BCUT2D eigenvalue weighted by Crippen LogP contribution is 2.26. The van der Waals surface area contributed by atoms with Crippen LogP contribution >= 0.6 is 22.9 Å².